The van der Waals surface area contributed by atoms with Crippen molar-refractivity contribution in [3.05, 3.63) is 96.3 Å². The molecule has 0 spiro atoms. The molecule has 1 nitrogen and oxygen atoms in total. The van der Waals surface area contributed by atoms with Gasteiger partial charge in [-0.25, -0.2) is 0 Å². The second-order valence-electron chi connectivity index (χ2n) is 4.30. The lowest BCUT2D eigenvalue weighted by atomic mass is 10.1. The van der Waals surface area contributed by atoms with Gasteiger partial charge in [-0.1, -0.05) is 73.4 Å². The van der Waals surface area contributed by atoms with Crippen LogP contribution in [-0.4, -0.2) is 0 Å². The fourth-order valence-corrected chi connectivity index (χ4v) is 1.69. The molecule has 0 amide bonds. The van der Waals surface area contributed by atoms with Gasteiger partial charge in [0.1, 0.15) is 0 Å². The van der Waals surface area contributed by atoms with E-state index < -0.39 is 0 Å². The fourth-order valence-electron chi connectivity index (χ4n) is 1.69. The summed E-state index contributed by atoms with van der Waals surface area (Å²) in [6.45, 7) is 9.46. The van der Waals surface area contributed by atoms with Crippen LogP contribution in [0.25, 0.3) is 0 Å². The highest BCUT2D eigenvalue weighted by molar-refractivity contribution is 5.42. The summed E-state index contributed by atoms with van der Waals surface area (Å²) >= 11 is 0. The summed E-state index contributed by atoms with van der Waals surface area (Å²) in [4.78, 5) is 0. The summed E-state index contributed by atoms with van der Waals surface area (Å²) in [6.07, 6.45) is 10.3. The van der Waals surface area contributed by atoms with Crippen LogP contribution in [0.3, 0.4) is 0 Å². The normalized spacial score (nSPS) is 13.2. The molecule has 0 aliphatic rings. The number of hydrogen-bond acceptors (Lipinski definition) is 1. The van der Waals surface area contributed by atoms with E-state index in [1.165, 1.54) is 5.56 Å². The number of rotatable bonds is 6. The minimum Gasteiger partial charge on any atom is -0.398 e. The van der Waals surface area contributed by atoms with Gasteiger partial charge < -0.3 is 5.73 Å². The van der Waals surface area contributed by atoms with Crippen molar-refractivity contribution in [3.8, 4) is 0 Å². The van der Waals surface area contributed by atoms with Gasteiger partial charge in [-0.3, -0.25) is 0 Å². The molecule has 19 heavy (non-hydrogen) atoms. The first kappa shape index (κ1) is 14.8. The molecule has 0 heterocycles. The predicted octanol–water partition coefficient (Wildman–Crippen LogP) is 4.32. The summed E-state index contributed by atoms with van der Waals surface area (Å²) in [7, 11) is 0. The van der Waals surface area contributed by atoms with Gasteiger partial charge >= 0.3 is 0 Å². The van der Waals surface area contributed by atoms with E-state index in [0.717, 1.165) is 17.6 Å². The van der Waals surface area contributed by atoms with Crippen LogP contribution in [0.4, 0.5) is 0 Å². The van der Waals surface area contributed by atoms with Gasteiger partial charge in [0.05, 0.1) is 0 Å². The average molecular weight is 251 g/mol. The van der Waals surface area contributed by atoms with Gasteiger partial charge in [-0.15, -0.1) is 0 Å². The number of allylic oxidation sites excluding steroid dienone is 6. The summed E-state index contributed by atoms with van der Waals surface area (Å²) in [5, 5.41) is 0. The molecule has 0 aliphatic heterocycles. The van der Waals surface area contributed by atoms with E-state index in [9.17, 15) is 0 Å². The van der Waals surface area contributed by atoms with Crippen LogP contribution in [0.15, 0.2) is 90.7 Å². The molecule has 0 saturated carbocycles. The lowest BCUT2D eigenvalue weighted by molar-refractivity contribution is 1.23. The van der Waals surface area contributed by atoms with E-state index in [1.807, 2.05) is 37.3 Å². The Balaban J connectivity index is 2.77. The van der Waals surface area contributed by atoms with Gasteiger partial charge in [-0.05, 0) is 30.6 Å². The first-order chi connectivity index (χ1) is 9.17. The SMILES string of the molecule is C=C/C=C(C=C)/C(N)=C/C(C)=C\Cc1ccccc1. The van der Waals surface area contributed by atoms with Crippen LogP contribution >= 0.6 is 0 Å². The van der Waals surface area contributed by atoms with Crippen LogP contribution in [0.2, 0.25) is 0 Å². The van der Waals surface area contributed by atoms with Crippen molar-refractivity contribution in [1.82, 2.24) is 0 Å². The molecule has 1 aromatic carbocycles. The lowest BCUT2D eigenvalue weighted by Crippen LogP contribution is -1.99. The minimum atomic E-state index is 0.705. The number of hydrogen-bond donors (Lipinski definition) is 1. The molecule has 1 heteroatoms. The van der Waals surface area contributed by atoms with Crippen molar-refractivity contribution in [2.75, 3.05) is 0 Å². The molecule has 0 aliphatic carbocycles. The minimum absolute atomic E-state index is 0.705. The van der Waals surface area contributed by atoms with Crippen LogP contribution in [0.1, 0.15) is 12.5 Å². The molecule has 1 rings (SSSR count). The molecule has 0 aromatic heterocycles. The van der Waals surface area contributed by atoms with Gasteiger partial charge in [-0.2, -0.15) is 0 Å². The first-order valence-electron chi connectivity index (χ1n) is 6.30. The molecular formula is C18H21N. The van der Waals surface area contributed by atoms with Crippen molar-refractivity contribution in [2.24, 2.45) is 5.73 Å². The lowest BCUT2D eigenvalue weighted by Gasteiger charge is -2.02. The third-order valence-electron chi connectivity index (χ3n) is 2.74. The maximum absolute atomic E-state index is 6.02. The molecule has 0 saturated heterocycles. The molecule has 0 unspecified atom stereocenters. The van der Waals surface area contributed by atoms with Crippen molar-refractivity contribution < 1.29 is 0 Å². The Bertz CT molecular complexity index is 516. The maximum Gasteiger partial charge on any atom is 0.0389 e. The zero-order valence-corrected chi connectivity index (χ0v) is 11.5. The highest BCUT2D eigenvalue weighted by atomic mass is 14.6. The van der Waals surface area contributed by atoms with Crippen molar-refractivity contribution in [2.45, 2.75) is 13.3 Å². The van der Waals surface area contributed by atoms with Crippen molar-refractivity contribution in [3.63, 3.8) is 0 Å². The molecule has 0 bridgehead atoms. The Hall–Kier alpha value is -2.28. The largest absolute Gasteiger partial charge is 0.398 e. The van der Waals surface area contributed by atoms with Gasteiger partial charge in [0.15, 0.2) is 0 Å². The summed E-state index contributed by atoms with van der Waals surface area (Å²) in [6, 6.07) is 10.3. The Morgan fingerprint density at radius 1 is 1.21 bits per heavy atom. The predicted molar refractivity (Wildman–Crippen MR) is 84.7 cm³/mol. The second kappa shape index (κ2) is 7.93. The number of nitrogens with two attached hydrogens (primary N) is 1. The van der Waals surface area contributed by atoms with E-state index >= 15 is 0 Å². The third-order valence-corrected chi connectivity index (χ3v) is 2.74. The summed E-state index contributed by atoms with van der Waals surface area (Å²) < 4.78 is 0. The van der Waals surface area contributed by atoms with E-state index in [2.05, 4.69) is 31.4 Å². The van der Waals surface area contributed by atoms with Crippen LogP contribution in [-0.2, 0) is 6.42 Å². The third kappa shape index (κ3) is 5.26. The van der Waals surface area contributed by atoms with Gasteiger partial charge in [0, 0.05) is 5.70 Å². The quantitative estimate of drug-likeness (QED) is 0.749. The fraction of sp³-hybridized carbons (Fsp3) is 0.111. The first-order valence-corrected chi connectivity index (χ1v) is 6.30. The molecule has 2 N–H and O–H groups in total. The van der Waals surface area contributed by atoms with Crippen molar-refractivity contribution >= 4 is 0 Å². The van der Waals surface area contributed by atoms with E-state index in [4.69, 9.17) is 5.73 Å². The highest BCUT2D eigenvalue weighted by Gasteiger charge is 1.95. The van der Waals surface area contributed by atoms with Crippen LogP contribution in [0, 0.1) is 0 Å². The van der Waals surface area contributed by atoms with Crippen LogP contribution in [0.5, 0.6) is 0 Å². The molecule has 0 atom stereocenters. The monoisotopic (exact) mass is 251 g/mol. The zero-order chi connectivity index (χ0) is 14.1. The van der Waals surface area contributed by atoms with E-state index in [-0.39, 0.29) is 0 Å². The Morgan fingerprint density at radius 3 is 2.47 bits per heavy atom. The zero-order valence-electron chi connectivity index (χ0n) is 11.5. The smallest absolute Gasteiger partial charge is 0.0389 e. The standard InChI is InChI=1S/C18H21N/c1-4-9-17(5-2)18(19)14-15(3)12-13-16-10-7-6-8-11-16/h4-12,14H,1-2,13,19H2,3H3/b15-12-,17-9+,18-14-. The van der Waals surface area contributed by atoms with Gasteiger partial charge in [0.2, 0.25) is 0 Å². The topological polar surface area (TPSA) is 26.0 Å². The maximum atomic E-state index is 6.02. The number of benzene rings is 1. The molecule has 1 aromatic rings. The Kier molecular flexibility index (Phi) is 6.17. The Labute approximate surface area is 116 Å². The highest BCUT2D eigenvalue weighted by Crippen LogP contribution is 2.10. The van der Waals surface area contributed by atoms with E-state index in [0.29, 0.717) is 5.70 Å². The van der Waals surface area contributed by atoms with Crippen LogP contribution < -0.4 is 5.73 Å². The molecule has 0 fully saturated rings. The summed E-state index contributed by atoms with van der Waals surface area (Å²) in [5.41, 5.74) is 10.0. The van der Waals surface area contributed by atoms with E-state index in [1.54, 1.807) is 12.2 Å². The average Bonchev–Trinajstić information content (AvgIpc) is 2.43. The van der Waals surface area contributed by atoms with Crippen molar-refractivity contribution in [1.29, 1.82) is 0 Å². The molecular weight excluding hydrogens is 230 g/mol. The molecule has 0 radical (unpaired) electrons. The summed E-state index contributed by atoms with van der Waals surface area (Å²) in [5.74, 6) is 0. The molecule has 98 valence electrons. The Morgan fingerprint density at radius 2 is 1.89 bits per heavy atom. The second-order valence-corrected chi connectivity index (χ2v) is 4.30. The van der Waals surface area contributed by atoms with Gasteiger partial charge in [0.25, 0.3) is 0 Å².